The van der Waals surface area contributed by atoms with Crippen molar-refractivity contribution in [2.75, 3.05) is 0 Å². The quantitative estimate of drug-likeness (QED) is 0.347. The normalized spacial score (nSPS) is 10.3. The second-order valence-corrected chi connectivity index (χ2v) is 3.75. The zero-order chi connectivity index (χ0) is 16.2. The van der Waals surface area contributed by atoms with Crippen molar-refractivity contribution in [3.05, 3.63) is 23.3 Å². The van der Waals surface area contributed by atoms with Crippen molar-refractivity contribution in [2.45, 2.75) is 6.92 Å². The number of azo groups is 1. The van der Waals surface area contributed by atoms with E-state index >= 15 is 0 Å². The van der Waals surface area contributed by atoms with Gasteiger partial charge < -0.3 is 10.2 Å². The Labute approximate surface area is 117 Å². The van der Waals surface area contributed by atoms with E-state index in [0.29, 0.717) is 0 Å². The van der Waals surface area contributed by atoms with Gasteiger partial charge in [-0.1, -0.05) is 6.58 Å². The summed E-state index contributed by atoms with van der Waals surface area (Å²) in [5, 5.41) is 26.6. The topological polar surface area (TPSA) is 161 Å². The van der Waals surface area contributed by atoms with Crippen LogP contribution >= 0.6 is 0 Å². The van der Waals surface area contributed by atoms with E-state index in [4.69, 9.17) is 0 Å². The average Bonchev–Trinajstić information content (AvgIpc) is 2.70. The fourth-order valence-corrected chi connectivity index (χ4v) is 1.26. The second kappa shape index (κ2) is 6.23. The standard InChI is InChI=1S/C11H10N4O6/c1-4(2)7(17)14-15-11(21)6-5(8(18)12-3-16)9(19)13-10(6)20/h3,13,19-20H,1H2,2H3,(H,12,16,18). The summed E-state index contributed by atoms with van der Waals surface area (Å²) >= 11 is 0. The molecule has 0 aliphatic heterocycles. The van der Waals surface area contributed by atoms with Crippen LogP contribution < -0.4 is 5.32 Å². The number of carbonyl (C=O) groups is 4. The highest BCUT2D eigenvalue weighted by atomic mass is 16.3. The molecule has 10 nitrogen and oxygen atoms in total. The third-order valence-corrected chi connectivity index (χ3v) is 2.19. The second-order valence-electron chi connectivity index (χ2n) is 3.75. The molecule has 1 heterocycles. The summed E-state index contributed by atoms with van der Waals surface area (Å²) in [7, 11) is 0. The molecule has 10 heteroatoms. The average molecular weight is 294 g/mol. The molecule has 1 rings (SSSR count). The summed E-state index contributed by atoms with van der Waals surface area (Å²) < 4.78 is 0. The van der Waals surface area contributed by atoms with Crippen LogP contribution in [0.3, 0.4) is 0 Å². The van der Waals surface area contributed by atoms with Gasteiger partial charge in [-0.3, -0.25) is 29.5 Å². The molecule has 0 aliphatic rings. The van der Waals surface area contributed by atoms with E-state index in [1.807, 2.05) is 4.98 Å². The summed E-state index contributed by atoms with van der Waals surface area (Å²) in [6.07, 6.45) is 0.0200. The van der Waals surface area contributed by atoms with Crippen molar-refractivity contribution >= 4 is 24.1 Å². The van der Waals surface area contributed by atoms with Gasteiger partial charge in [0, 0.05) is 5.57 Å². The van der Waals surface area contributed by atoms with Crippen LogP contribution in [0, 0.1) is 0 Å². The van der Waals surface area contributed by atoms with Crippen molar-refractivity contribution in [1.82, 2.24) is 10.3 Å². The van der Waals surface area contributed by atoms with Gasteiger partial charge in [0.15, 0.2) is 0 Å². The molecule has 4 amide bonds. The maximum atomic E-state index is 11.7. The molecule has 0 atom stereocenters. The van der Waals surface area contributed by atoms with E-state index in [1.54, 1.807) is 5.32 Å². The molecule has 0 saturated carbocycles. The number of amides is 4. The van der Waals surface area contributed by atoms with Gasteiger partial charge in [0.05, 0.1) is 0 Å². The number of aromatic amines is 1. The van der Waals surface area contributed by atoms with Gasteiger partial charge in [0.25, 0.3) is 11.8 Å². The van der Waals surface area contributed by atoms with Crippen LogP contribution in [0.15, 0.2) is 22.4 Å². The van der Waals surface area contributed by atoms with Crippen LogP contribution in [-0.2, 0) is 9.59 Å². The van der Waals surface area contributed by atoms with Gasteiger partial charge >= 0.3 is 5.91 Å². The van der Waals surface area contributed by atoms with Crippen LogP contribution in [0.1, 0.15) is 27.6 Å². The minimum Gasteiger partial charge on any atom is -0.494 e. The number of hydrogen-bond acceptors (Lipinski definition) is 6. The van der Waals surface area contributed by atoms with Gasteiger partial charge in [0.1, 0.15) is 11.1 Å². The zero-order valence-corrected chi connectivity index (χ0v) is 10.7. The predicted molar refractivity (Wildman–Crippen MR) is 66.7 cm³/mol. The molecule has 0 aliphatic carbocycles. The largest absolute Gasteiger partial charge is 0.494 e. The van der Waals surface area contributed by atoms with Crippen LogP contribution in [0.5, 0.6) is 11.8 Å². The lowest BCUT2D eigenvalue weighted by molar-refractivity contribution is -0.114. The molecular weight excluding hydrogens is 284 g/mol. The monoisotopic (exact) mass is 294 g/mol. The first-order valence-electron chi connectivity index (χ1n) is 5.33. The lowest BCUT2D eigenvalue weighted by Crippen LogP contribution is -2.22. The predicted octanol–water partition coefficient (Wildman–Crippen LogP) is 0.00720. The molecule has 1 aromatic heterocycles. The van der Waals surface area contributed by atoms with Crippen LogP contribution in [0.4, 0.5) is 0 Å². The molecular formula is C11H10N4O6. The van der Waals surface area contributed by atoms with E-state index in [-0.39, 0.29) is 12.0 Å². The Morgan fingerprint density at radius 2 is 1.76 bits per heavy atom. The molecule has 110 valence electrons. The molecule has 0 spiro atoms. The lowest BCUT2D eigenvalue weighted by Gasteiger charge is -1.98. The minimum atomic E-state index is -1.27. The molecule has 0 unspecified atom stereocenters. The molecule has 0 saturated heterocycles. The van der Waals surface area contributed by atoms with E-state index in [1.165, 1.54) is 6.92 Å². The number of aromatic hydroxyl groups is 2. The van der Waals surface area contributed by atoms with Crippen molar-refractivity contribution in [3.63, 3.8) is 0 Å². The highest BCUT2D eigenvalue weighted by Crippen LogP contribution is 2.29. The van der Waals surface area contributed by atoms with Crippen LogP contribution in [0.25, 0.3) is 0 Å². The maximum absolute atomic E-state index is 11.7. The number of imide groups is 1. The number of H-pyrrole nitrogens is 1. The van der Waals surface area contributed by atoms with Crippen molar-refractivity contribution in [3.8, 4) is 11.8 Å². The van der Waals surface area contributed by atoms with Gasteiger partial charge in [-0.25, -0.2) is 0 Å². The maximum Gasteiger partial charge on any atom is 0.301 e. The van der Waals surface area contributed by atoms with Crippen molar-refractivity contribution in [2.24, 2.45) is 10.2 Å². The smallest absolute Gasteiger partial charge is 0.301 e. The van der Waals surface area contributed by atoms with Crippen molar-refractivity contribution < 1.29 is 29.4 Å². The van der Waals surface area contributed by atoms with Gasteiger partial charge in [-0.2, -0.15) is 0 Å². The number of carbonyl (C=O) groups excluding carboxylic acids is 4. The van der Waals surface area contributed by atoms with E-state index < -0.39 is 40.6 Å². The highest BCUT2D eigenvalue weighted by molar-refractivity contribution is 6.12. The summed E-state index contributed by atoms with van der Waals surface area (Å²) in [5.74, 6) is -5.01. The SMILES string of the molecule is C=C(C)C(=O)N=NC(=O)c1c(O)[nH]c(O)c1C(=O)NC=O. The lowest BCUT2D eigenvalue weighted by atomic mass is 10.1. The Hall–Kier alpha value is -3.30. The van der Waals surface area contributed by atoms with Crippen molar-refractivity contribution in [1.29, 1.82) is 0 Å². The summed E-state index contributed by atoms with van der Waals surface area (Å²) in [4.78, 5) is 46.5. The first kappa shape index (κ1) is 15.8. The summed E-state index contributed by atoms with van der Waals surface area (Å²) in [5.41, 5.74) is -1.41. The van der Waals surface area contributed by atoms with Gasteiger partial charge in [-0.05, 0) is 6.92 Å². The molecule has 0 radical (unpaired) electrons. The third kappa shape index (κ3) is 3.37. The molecule has 0 aromatic carbocycles. The van der Waals surface area contributed by atoms with Crippen LogP contribution in [0.2, 0.25) is 0 Å². The summed E-state index contributed by atoms with van der Waals surface area (Å²) in [6, 6.07) is 0. The number of aromatic nitrogens is 1. The Bertz CT molecular complexity index is 672. The zero-order valence-electron chi connectivity index (χ0n) is 10.7. The van der Waals surface area contributed by atoms with E-state index in [9.17, 15) is 29.4 Å². The molecule has 1 aromatic rings. The van der Waals surface area contributed by atoms with Gasteiger partial charge in [0.2, 0.25) is 18.2 Å². The number of hydrogen-bond donors (Lipinski definition) is 4. The Morgan fingerprint density at radius 3 is 2.29 bits per heavy atom. The first-order valence-corrected chi connectivity index (χ1v) is 5.33. The molecule has 0 bridgehead atoms. The van der Waals surface area contributed by atoms with E-state index in [2.05, 4.69) is 16.8 Å². The molecule has 0 fully saturated rings. The van der Waals surface area contributed by atoms with Gasteiger partial charge in [-0.15, -0.1) is 10.2 Å². The first-order chi connectivity index (χ1) is 9.79. The fourth-order valence-electron chi connectivity index (χ4n) is 1.26. The molecule has 21 heavy (non-hydrogen) atoms. The Kier molecular flexibility index (Phi) is 4.68. The number of rotatable bonds is 4. The number of nitrogens with one attached hydrogen (secondary N) is 2. The third-order valence-electron chi connectivity index (χ3n) is 2.19. The fraction of sp³-hybridized carbons (Fsp3) is 0.0909. The summed E-state index contributed by atoms with van der Waals surface area (Å²) in [6.45, 7) is 4.63. The Balaban J connectivity index is 3.21. The molecule has 4 N–H and O–H groups in total. The van der Waals surface area contributed by atoms with E-state index in [0.717, 1.165) is 0 Å². The highest BCUT2D eigenvalue weighted by Gasteiger charge is 2.28. The minimum absolute atomic E-state index is 0.0200. The number of nitrogens with zero attached hydrogens (tertiary/aromatic N) is 2. The van der Waals surface area contributed by atoms with Crippen LogP contribution in [-0.4, -0.2) is 39.3 Å². The Morgan fingerprint density at radius 1 is 1.19 bits per heavy atom.